The first-order chi connectivity index (χ1) is 8.84. The smallest absolute Gasteiger partial charge is 0.366 e. The van der Waals surface area contributed by atoms with Crippen molar-refractivity contribution in [2.45, 2.75) is 25.1 Å². The maximum Gasteiger partial charge on any atom is 0.416 e. The van der Waals surface area contributed by atoms with E-state index in [0.717, 1.165) is 38.1 Å². The fourth-order valence-electron chi connectivity index (χ4n) is 2.23. The Balaban J connectivity index is 2.14. The second-order valence-electron chi connectivity index (χ2n) is 4.81. The molecule has 2 rings (SSSR count). The number of hydrogen-bond donors (Lipinski definition) is 1. The van der Waals surface area contributed by atoms with E-state index in [1.165, 1.54) is 0 Å². The molecule has 19 heavy (non-hydrogen) atoms. The van der Waals surface area contributed by atoms with Crippen molar-refractivity contribution >= 4 is 17.4 Å². The molecule has 2 heterocycles. The van der Waals surface area contributed by atoms with Gasteiger partial charge in [0.1, 0.15) is 11.0 Å². The van der Waals surface area contributed by atoms with Gasteiger partial charge >= 0.3 is 6.18 Å². The fraction of sp³-hybridized carbons (Fsp3) is 0.583. The van der Waals surface area contributed by atoms with E-state index in [0.29, 0.717) is 0 Å². The van der Waals surface area contributed by atoms with Crippen molar-refractivity contribution in [3.05, 3.63) is 22.8 Å². The number of aromatic nitrogens is 1. The van der Waals surface area contributed by atoms with E-state index in [4.69, 9.17) is 11.6 Å². The highest BCUT2D eigenvalue weighted by atomic mass is 35.5. The Hall–Kier alpha value is -1.01. The quantitative estimate of drug-likeness (QED) is 0.848. The normalized spacial score (nSPS) is 21.4. The second kappa shape index (κ2) is 5.54. The molecule has 0 spiro atoms. The van der Waals surface area contributed by atoms with Crippen molar-refractivity contribution in [1.29, 1.82) is 0 Å². The largest absolute Gasteiger partial charge is 0.416 e. The van der Waals surface area contributed by atoms with Gasteiger partial charge in [-0.1, -0.05) is 11.6 Å². The first-order valence-corrected chi connectivity index (χ1v) is 6.42. The van der Waals surface area contributed by atoms with Crippen molar-refractivity contribution in [3.8, 4) is 0 Å². The van der Waals surface area contributed by atoms with Crippen molar-refractivity contribution < 1.29 is 13.2 Å². The number of piperidine rings is 1. The van der Waals surface area contributed by atoms with Gasteiger partial charge in [-0.3, -0.25) is 0 Å². The summed E-state index contributed by atoms with van der Waals surface area (Å²) in [6, 6.07) is 1.94. The van der Waals surface area contributed by atoms with Gasteiger partial charge in [-0.05, 0) is 38.6 Å². The van der Waals surface area contributed by atoms with E-state index < -0.39 is 11.7 Å². The molecular formula is C12H15ClF3N3. The molecule has 0 saturated carbocycles. The number of nitrogens with zero attached hydrogens (tertiary/aromatic N) is 2. The Labute approximate surface area is 114 Å². The number of anilines is 1. The van der Waals surface area contributed by atoms with Crippen LogP contribution in [0.25, 0.3) is 0 Å². The minimum atomic E-state index is -4.41. The van der Waals surface area contributed by atoms with Crippen LogP contribution >= 0.6 is 11.6 Å². The third kappa shape index (κ3) is 3.98. The monoisotopic (exact) mass is 293 g/mol. The molecule has 0 aliphatic carbocycles. The number of nitrogens with one attached hydrogen (secondary N) is 1. The lowest BCUT2D eigenvalue weighted by Crippen LogP contribution is -2.39. The molecule has 1 atom stereocenters. The molecule has 106 valence electrons. The van der Waals surface area contributed by atoms with Gasteiger partial charge in [0, 0.05) is 12.6 Å². The van der Waals surface area contributed by atoms with Crippen LogP contribution in [0.4, 0.5) is 19.0 Å². The molecule has 1 aliphatic heterocycles. The zero-order valence-corrected chi connectivity index (χ0v) is 11.2. The predicted molar refractivity (Wildman–Crippen MR) is 68.4 cm³/mol. The summed E-state index contributed by atoms with van der Waals surface area (Å²) in [6.07, 6.45) is -2.48. The Kier molecular flexibility index (Phi) is 4.20. The molecular weight excluding hydrogens is 279 g/mol. The Morgan fingerprint density at radius 3 is 2.79 bits per heavy atom. The van der Waals surface area contributed by atoms with E-state index >= 15 is 0 Å². The molecule has 1 aromatic rings. The maximum atomic E-state index is 12.7. The third-order valence-corrected chi connectivity index (χ3v) is 3.29. The van der Waals surface area contributed by atoms with Crippen LogP contribution in [0.1, 0.15) is 18.4 Å². The van der Waals surface area contributed by atoms with Gasteiger partial charge in [0.15, 0.2) is 0 Å². The minimum Gasteiger partial charge on any atom is -0.366 e. The van der Waals surface area contributed by atoms with Crippen molar-refractivity contribution in [3.63, 3.8) is 0 Å². The number of alkyl halides is 3. The van der Waals surface area contributed by atoms with Crippen LogP contribution < -0.4 is 5.32 Å². The molecule has 0 radical (unpaired) electrons. The fourth-order valence-corrected chi connectivity index (χ4v) is 2.44. The molecule has 1 N–H and O–H groups in total. The lowest BCUT2D eigenvalue weighted by atomic mass is 10.1. The molecule has 0 amide bonds. The number of hydrogen-bond acceptors (Lipinski definition) is 3. The summed E-state index contributed by atoms with van der Waals surface area (Å²) in [7, 11) is 1.99. The van der Waals surface area contributed by atoms with Gasteiger partial charge in [-0.15, -0.1) is 0 Å². The number of likely N-dealkylation sites (N-methyl/N-ethyl adjacent to an activating group) is 1. The summed E-state index contributed by atoms with van der Waals surface area (Å²) in [5.74, 6) is 0.181. The van der Waals surface area contributed by atoms with Gasteiger partial charge in [0.25, 0.3) is 0 Å². The van der Waals surface area contributed by atoms with E-state index in [-0.39, 0.29) is 17.0 Å². The highest BCUT2D eigenvalue weighted by molar-refractivity contribution is 6.29. The minimum absolute atomic E-state index is 0.103. The van der Waals surface area contributed by atoms with Crippen molar-refractivity contribution in [1.82, 2.24) is 9.88 Å². The lowest BCUT2D eigenvalue weighted by Gasteiger charge is -2.30. The summed E-state index contributed by atoms with van der Waals surface area (Å²) >= 11 is 5.64. The van der Waals surface area contributed by atoms with Gasteiger partial charge in [-0.25, -0.2) is 4.98 Å². The van der Waals surface area contributed by atoms with Gasteiger partial charge < -0.3 is 10.2 Å². The zero-order chi connectivity index (χ0) is 14.0. The van der Waals surface area contributed by atoms with Crippen molar-refractivity contribution in [2.24, 2.45) is 0 Å². The summed E-state index contributed by atoms with van der Waals surface area (Å²) in [5, 5.41) is 2.88. The van der Waals surface area contributed by atoms with Crippen LogP contribution in [0.15, 0.2) is 12.1 Å². The Morgan fingerprint density at radius 2 is 2.16 bits per heavy atom. The standard InChI is InChI=1S/C12H15ClF3N3/c1-19-4-2-3-9(7-19)17-11-6-8(12(14,15)16)5-10(13)18-11/h5-6,9H,2-4,7H2,1H3,(H,17,18). The lowest BCUT2D eigenvalue weighted by molar-refractivity contribution is -0.137. The van der Waals surface area contributed by atoms with Crippen LogP contribution in [0.3, 0.4) is 0 Å². The predicted octanol–water partition coefficient (Wildman–Crippen LogP) is 3.26. The van der Waals surface area contributed by atoms with Crippen LogP contribution in [0.2, 0.25) is 5.15 Å². The molecule has 0 aromatic carbocycles. The SMILES string of the molecule is CN1CCCC(Nc2cc(C(F)(F)F)cc(Cl)n2)C1. The van der Waals surface area contributed by atoms with Crippen LogP contribution in [0, 0.1) is 0 Å². The summed E-state index contributed by atoms with van der Waals surface area (Å²) in [6.45, 7) is 1.80. The number of pyridine rings is 1. The molecule has 7 heteroatoms. The first-order valence-electron chi connectivity index (χ1n) is 6.04. The summed E-state index contributed by atoms with van der Waals surface area (Å²) in [5.41, 5.74) is -0.779. The van der Waals surface area contributed by atoms with Crippen LogP contribution in [-0.4, -0.2) is 36.1 Å². The first kappa shape index (κ1) is 14.4. The number of halogens is 4. The van der Waals surface area contributed by atoms with Crippen molar-refractivity contribution in [2.75, 3.05) is 25.5 Å². The van der Waals surface area contributed by atoms with Gasteiger partial charge in [0.2, 0.25) is 0 Å². The third-order valence-electron chi connectivity index (χ3n) is 3.10. The van der Waals surface area contributed by atoms with Gasteiger partial charge in [-0.2, -0.15) is 13.2 Å². The number of rotatable bonds is 2. The van der Waals surface area contributed by atoms with Crippen LogP contribution in [-0.2, 0) is 6.18 Å². The zero-order valence-electron chi connectivity index (χ0n) is 10.5. The van der Waals surface area contributed by atoms with E-state index in [1.54, 1.807) is 0 Å². The molecule has 1 aliphatic rings. The molecule has 0 bridgehead atoms. The van der Waals surface area contributed by atoms with E-state index in [1.807, 2.05) is 7.05 Å². The highest BCUT2D eigenvalue weighted by Crippen LogP contribution is 2.32. The van der Waals surface area contributed by atoms with E-state index in [9.17, 15) is 13.2 Å². The molecule has 1 unspecified atom stereocenters. The average Bonchev–Trinajstić information content (AvgIpc) is 2.26. The number of likely N-dealkylation sites (tertiary alicyclic amines) is 1. The van der Waals surface area contributed by atoms with Crippen LogP contribution in [0.5, 0.6) is 0 Å². The van der Waals surface area contributed by atoms with Gasteiger partial charge in [0.05, 0.1) is 5.56 Å². The summed E-state index contributed by atoms with van der Waals surface area (Å²) in [4.78, 5) is 6.04. The van der Waals surface area contributed by atoms with E-state index in [2.05, 4.69) is 15.2 Å². The maximum absolute atomic E-state index is 12.7. The second-order valence-corrected chi connectivity index (χ2v) is 5.19. The molecule has 3 nitrogen and oxygen atoms in total. The molecule has 1 saturated heterocycles. The average molecular weight is 294 g/mol. The topological polar surface area (TPSA) is 28.2 Å². The molecule has 1 aromatic heterocycles. The Morgan fingerprint density at radius 1 is 1.42 bits per heavy atom. The highest BCUT2D eigenvalue weighted by Gasteiger charge is 2.31. The molecule has 1 fully saturated rings. The summed E-state index contributed by atoms with van der Waals surface area (Å²) < 4.78 is 38.0. The Bertz CT molecular complexity index is 450.